The Morgan fingerprint density at radius 1 is 1.35 bits per heavy atom. The van der Waals surface area contributed by atoms with Crippen molar-refractivity contribution in [2.24, 2.45) is 10.2 Å². The number of hydrogen-bond donors (Lipinski definition) is 2. The summed E-state index contributed by atoms with van der Waals surface area (Å²) in [5.74, 6) is 0. The highest BCUT2D eigenvalue weighted by molar-refractivity contribution is 7.80. The standard InChI is InChI=1S/C9H17N5OS2/c1-5-15-9(17)13-10-6-7(2)11-12-8(16)14(3)4/h6H,5H2,1-4H3,(H,12,16)(H,13,17). The summed E-state index contributed by atoms with van der Waals surface area (Å²) in [6.45, 7) is 4.13. The maximum atomic E-state index is 4.99. The van der Waals surface area contributed by atoms with Gasteiger partial charge >= 0.3 is 0 Å². The fourth-order valence-electron chi connectivity index (χ4n) is 0.607. The van der Waals surface area contributed by atoms with E-state index in [2.05, 4.69) is 21.1 Å². The maximum Gasteiger partial charge on any atom is 0.277 e. The Balaban J connectivity index is 4.03. The molecule has 17 heavy (non-hydrogen) atoms. The highest BCUT2D eigenvalue weighted by Crippen LogP contribution is 1.80. The van der Waals surface area contributed by atoms with E-state index in [1.807, 2.05) is 21.0 Å². The largest absolute Gasteiger partial charge is 0.470 e. The molecule has 8 heteroatoms. The van der Waals surface area contributed by atoms with Gasteiger partial charge in [0.1, 0.15) is 0 Å². The second-order valence-corrected chi connectivity index (χ2v) is 3.91. The summed E-state index contributed by atoms with van der Waals surface area (Å²) in [4.78, 5) is 1.74. The Bertz CT molecular complexity index is 327. The average molecular weight is 275 g/mol. The van der Waals surface area contributed by atoms with Crippen molar-refractivity contribution in [1.82, 2.24) is 15.8 Å². The zero-order chi connectivity index (χ0) is 13.3. The molecule has 0 saturated heterocycles. The quantitative estimate of drug-likeness (QED) is 0.447. The molecule has 0 aliphatic heterocycles. The van der Waals surface area contributed by atoms with Crippen LogP contribution in [0.2, 0.25) is 0 Å². The van der Waals surface area contributed by atoms with Crippen LogP contribution < -0.4 is 10.9 Å². The molecule has 0 rings (SSSR count). The molecule has 0 bridgehead atoms. The molecule has 0 spiro atoms. The van der Waals surface area contributed by atoms with E-state index in [1.54, 1.807) is 11.8 Å². The summed E-state index contributed by atoms with van der Waals surface area (Å²) in [6, 6.07) is 0. The first-order valence-corrected chi connectivity index (χ1v) is 5.76. The van der Waals surface area contributed by atoms with E-state index >= 15 is 0 Å². The number of ether oxygens (including phenoxy) is 1. The second-order valence-electron chi connectivity index (χ2n) is 3.16. The molecule has 0 heterocycles. The van der Waals surface area contributed by atoms with E-state index in [0.717, 1.165) is 0 Å². The number of nitrogens with zero attached hydrogens (tertiary/aromatic N) is 3. The smallest absolute Gasteiger partial charge is 0.277 e. The number of hydrogen-bond acceptors (Lipinski definition) is 5. The lowest BCUT2D eigenvalue weighted by Gasteiger charge is -2.11. The van der Waals surface area contributed by atoms with Gasteiger partial charge in [-0.15, -0.1) is 0 Å². The minimum absolute atomic E-state index is 0.230. The Hall–Kier alpha value is -1.28. The Kier molecular flexibility index (Phi) is 8.16. The zero-order valence-electron chi connectivity index (χ0n) is 10.4. The Labute approximate surface area is 112 Å². The van der Waals surface area contributed by atoms with Gasteiger partial charge in [0.05, 0.1) is 18.5 Å². The third kappa shape index (κ3) is 8.52. The van der Waals surface area contributed by atoms with Crippen LogP contribution in [0.3, 0.4) is 0 Å². The normalized spacial score (nSPS) is 11.2. The van der Waals surface area contributed by atoms with Crippen LogP contribution in [0, 0.1) is 0 Å². The van der Waals surface area contributed by atoms with Gasteiger partial charge in [0.25, 0.3) is 5.17 Å². The van der Waals surface area contributed by atoms with Gasteiger partial charge in [-0.25, -0.2) is 5.43 Å². The van der Waals surface area contributed by atoms with Gasteiger partial charge in [0.2, 0.25) is 0 Å². The summed E-state index contributed by atoms with van der Waals surface area (Å²) in [5.41, 5.74) is 5.91. The minimum Gasteiger partial charge on any atom is -0.470 e. The number of nitrogens with one attached hydrogen (secondary N) is 2. The lowest BCUT2D eigenvalue weighted by molar-refractivity contribution is 0.321. The molecule has 0 aromatic heterocycles. The van der Waals surface area contributed by atoms with E-state index in [9.17, 15) is 0 Å². The third-order valence-corrected chi connectivity index (χ3v) is 2.08. The molecule has 0 unspecified atom stereocenters. The lowest BCUT2D eigenvalue weighted by Crippen LogP contribution is -2.31. The van der Waals surface area contributed by atoms with Gasteiger partial charge in [-0.2, -0.15) is 10.2 Å². The van der Waals surface area contributed by atoms with Gasteiger partial charge in [0.15, 0.2) is 5.11 Å². The molecule has 0 aliphatic carbocycles. The van der Waals surface area contributed by atoms with Gasteiger partial charge in [0, 0.05) is 14.1 Å². The van der Waals surface area contributed by atoms with E-state index in [1.165, 1.54) is 6.21 Å². The molecule has 96 valence electrons. The van der Waals surface area contributed by atoms with Crippen molar-refractivity contribution < 1.29 is 4.74 Å². The van der Waals surface area contributed by atoms with Gasteiger partial charge in [-0.05, 0) is 38.3 Å². The topological polar surface area (TPSA) is 61.2 Å². The summed E-state index contributed by atoms with van der Waals surface area (Å²) in [7, 11) is 3.66. The van der Waals surface area contributed by atoms with Gasteiger partial charge < -0.3 is 9.64 Å². The summed E-state index contributed by atoms with van der Waals surface area (Å²) >= 11 is 9.81. The van der Waals surface area contributed by atoms with Gasteiger partial charge in [-0.1, -0.05) is 0 Å². The molecule has 0 amide bonds. The van der Waals surface area contributed by atoms with Crippen molar-refractivity contribution in [2.45, 2.75) is 13.8 Å². The van der Waals surface area contributed by atoms with E-state index in [4.69, 9.17) is 29.2 Å². The van der Waals surface area contributed by atoms with Crippen LogP contribution in [0.4, 0.5) is 0 Å². The molecule has 6 nitrogen and oxygen atoms in total. The third-order valence-electron chi connectivity index (χ3n) is 1.42. The monoisotopic (exact) mass is 275 g/mol. The first-order valence-electron chi connectivity index (χ1n) is 4.94. The molecule has 2 N–H and O–H groups in total. The lowest BCUT2D eigenvalue weighted by atomic mass is 10.5. The minimum atomic E-state index is 0.230. The molecule has 0 saturated carbocycles. The zero-order valence-corrected chi connectivity index (χ0v) is 12.0. The predicted octanol–water partition coefficient (Wildman–Crippen LogP) is 0.695. The van der Waals surface area contributed by atoms with Crippen molar-refractivity contribution in [3.8, 4) is 0 Å². The second kappa shape index (κ2) is 8.82. The first kappa shape index (κ1) is 15.7. The van der Waals surface area contributed by atoms with Crippen molar-refractivity contribution in [1.29, 1.82) is 0 Å². The average Bonchev–Trinajstić information content (AvgIpc) is 2.26. The maximum absolute atomic E-state index is 4.99. The van der Waals surface area contributed by atoms with Crippen LogP contribution in [-0.2, 0) is 4.74 Å². The number of rotatable bonds is 4. The SMILES string of the molecule is CCOC(=S)NN=CC(C)=NNC(=S)N(C)C. The molecular formula is C9H17N5OS2. The molecule has 0 atom stereocenters. The van der Waals surface area contributed by atoms with Crippen molar-refractivity contribution in [3.05, 3.63) is 0 Å². The van der Waals surface area contributed by atoms with E-state index in [-0.39, 0.29) is 5.17 Å². The van der Waals surface area contributed by atoms with Crippen molar-refractivity contribution >= 4 is 46.6 Å². The van der Waals surface area contributed by atoms with Crippen LogP contribution >= 0.6 is 24.4 Å². The van der Waals surface area contributed by atoms with Crippen molar-refractivity contribution in [2.75, 3.05) is 20.7 Å². The molecule has 0 aromatic carbocycles. The van der Waals surface area contributed by atoms with Crippen LogP contribution in [-0.4, -0.2) is 47.8 Å². The molecule has 0 aromatic rings. The van der Waals surface area contributed by atoms with Crippen LogP contribution in [0.25, 0.3) is 0 Å². The molecule has 0 radical (unpaired) electrons. The number of hydrazone groups is 2. The van der Waals surface area contributed by atoms with Crippen LogP contribution in [0.1, 0.15) is 13.8 Å². The molecular weight excluding hydrogens is 258 g/mol. The van der Waals surface area contributed by atoms with Crippen LogP contribution in [0.15, 0.2) is 10.2 Å². The fourth-order valence-corrected chi connectivity index (χ4v) is 0.823. The summed E-state index contributed by atoms with van der Waals surface area (Å²) in [5, 5.41) is 8.60. The highest BCUT2D eigenvalue weighted by atomic mass is 32.1. The fraction of sp³-hybridized carbons (Fsp3) is 0.556. The first-order chi connectivity index (χ1) is 7.97. The predicted molar refractivity (Wildman–Crippen MR) is 78.4 cm³/mol. The van der Waals surface area contributed by atoms with Gasteiger partial charge in [-0.3, -0.25) is 5.43 Å². The highest BCUT2D eigenvalue weighted by Gasteiger charge is 1.95. The van der Waals surface area contributed by atoms with E-state index < -0.39 is 0 Å². The summed E-state index contributed by atoms with van der Waals surface area (Å²) < 4.78 is 4.98. The Morgan fingerprint density at radius 2 is 2.00 bits per heavy atom. The van der Waals surface area contributed by atoms with E-state index in [0.29, 0.717) is 17.4 Å². The van der Waals surface area contributed by atoms with Crippen molar-refractivity contribution in [3.63, 3.8) is 0 Å². The van der Waals surface area contributed by atoms with Crippen LogP contribution in [0.5, 0.6) is 0 Å². The molecule has 0 aliphatic rings. The Morgan fingerprint density at radius 3 is 2.53 bits per heavy atom. The summed E-state index contributed by atoms with van der Waals surface area (Å²) in [6.07, 6.45) is 1.51. The molecule has 0 fully saturated rings. The number of thiocarbonyl (C=S) groups is 2.